The van der Waals surface area contributed by atoms with Crippen molar-refractivity contribution in [2.45, 2.75) is 31.7 Å². The lowest BCUT2D eigenvalue weighted by molar-refractivity contribution is -0.123. The molecule has 21 heavy (non-hydrogen) atoms. The Balaban J connectivity index is 2.47. The minimum atomic E-state index is -1.22. The van der Waals surface area contributed by atoms with Crippen molar-refractivity contribution >= 4 is 12.0 Å². The van der Waals surface area contributed by atoms with Crippen LogP contribution in [0.5, 0.6) is 0 Å². The number of hydrogen-bond acceptors (Lipinski definition) is 3. The summed E-state index contributed by atoms with van der Waals surface area (Å²) in [6.45, 7) is 1.22. The monoisotopic (exact) mass is 293 g/mol. The molecule has 0 heterocycles. The van der Waals surface area contributed by atoms with Crippen LogP contribution in [0.4, 0.5) is 4.79 Å². The Labute approximate surface area is 124 Å². The van der Waals surface area contributed by atoms with Gasteiger partial charge in [-0.05, 0) is 24.9 Å². The third kappa shape index (κ3) is 6.76. The van der Waals surface area contributed by atoms with E-state index in [-0.39, 0.29) is 5.91 Å². The zero-order chi connectivity index (χ0) is 15.5. The second kappa shape index (κ2) is 9.77. The summed E-state index contributed by atoms with van der Waals surface area (Å²) in [4.78, 5) is 22.9. The van der Waals surface area contributed by atoms with Gasteiger partial charge in [0.1, 0.15) is 6.04 Å². The molecule has 1 aromatic carbocycles. The van der Waals surface area contributed by atoms with Gasteiger partial charge in [-0.2, -0.15) is 0 Å². The molecule has 0 fully saturated rings. The molecule has 0 saturated carbocycles. The first kappa shape index (κ1) is 17.0. The normalized spacial score (nSPS) is 11.7. The molecule has 0 aromatic heterocycles. The maximum Gasteiger partial charge on any atom is 0.405 e. The number of amides is 2. The minimum absolute atomic E-state index is 0.331. The fourth-order valence-corrected chi connectivity index (χ4v) is 2.01. The Morgan fingerprint density at radius 3 is 2.38 bits per heavy atom. The Hall–Kier alpha value is -2.08. The van der Waals surface area contributed by atoms with Gasteiger partial charge in [0.15, 0.2) is 0 Å². The molecule has 0 radical (unpaired) electrons. The van der Waals surface area contributed by atoms with Crippen LogP contribution >= 0.6 is 0 Å². The quantitative estimate of drug-likeness (QED) is 0.519. The van der Waals surface area contributed by atoms with Gasteiger partial charge in [0.2, 0.25) is 5.91 Å². The Kier molecular flexibility index (Phi) is 7.89. The molecule has 116 valence electrons. The van der Waals surface area contributed by atoms with Crippen LogP contribution in [0.15, 0.2) is 30.3 Å². The van der Waals surface area contributed by atoms with E-state index in [0.717, 1.165) is 25.7 Å². The first-order valence-corrected chi connectivity index (χ1v) is 7.17. The Morgan fingerprint density at radius 2 is 1.76 bits per heavy atom. The number of nitrogens with two attached hydrogens (primary N) is 1. The van der Waals surface area contributed by atoms with Crippen molar-refractivity contribution in [1.82, 2.24) is 10.6 Å². The van der Waals surface area contributed by atoms with E-state index < -0.39 is 12.1 Å². The smallest absolute Gasteiger partial charge is 0.405 e. The van der Waals surface area contributed by atoms with Gasteiger partial charge in [-0.15, -0.1) is 0 Å². The second-order valence-corrected chi connectivity index (χ2v) is 4.79. The maximum absolute atomic E-state index is 12.1. The molecule has 0 aliphatic heterocycles. The highest BCUT2D eigenvalue weighted by Crippen LogP contribution is 2.12. The first-order valence-electron chi connectivity index (χ1n) is 7.17. The SMILES string of the molecule is NCCCCCCNC(=O)[C@@H](NC(=O)O)c1ccccc1. The summed E-state index contributed by atoms with van der Waals surface area (Å²) in [7, 11) is 0. The van der Waals surface area contributed by atoms with E-state index in [2.05, 4.69) is 10.6 Å². The molecule has 2 amide bonds. The van der Waals surface area contributed by atoms with E-state index in [1.165, 1.54) is 0 Å². The van der Waals surface area contributed by atoms with Crippen LogP contribution in [0, 0.1) is 0 Å². The van der Waals surface area contributed by atoms with Gasteiger partial charge >= 0.3 is 6.09 Å². The van der Waals surface area contributed by atoms with Gasteiger partial charge in [0, 0.05) is 6.54 Å². The fraction of sp³-hybridized carbons (Fsp3) is 0.467. The third-order valence-electron chi connectivity index (χ3n) is 3.09. The predicted octanol–water partition coefficient (Wildman–Crippen LogP) is 1.63. The highest BCUT2D eigenvalue weighted by molar-refractivity contribution is 5.86. The maximum atomic E-state index is 12.1. The summed E-state index contributed by atoms with van der Waals surface area (Å²) in [5, 5.41) is 13.9. The van der Waals surface area contributed by atoms with Crippen LogP contribution < -0.4 is 16.4 Å². The van der Waals surface area contributed by atoms with Crippen LogP contribution in [0.3, 0.4) is 0 Å². The average Bonchev–Trinajstić information content (AvgIpc) is 2.49. The first-order chi connectivity index (χ1) is 10.1. The van der Waals surface area contributed by atoms with Crippen LogP contribution in [-0.4, -0.2) is 30.2 Å². The van der Waals surface area contributed by atoms with Gasteiger partial charge in [-0.3, -0.25) is 4.79 Å². The van der Waals surface area contributed by atoms with Crippen molar-refractivity contribution in [2.24, 2.45) is 5.73 Å². The highest BCUT2D eigenvalue weighted by Gasteiger charge is 2.21. The average molecular weight is 293 g/mol. The molecule has 0 unspecified atom stereocenters. The van der Waals surface area contributed by atoms with E-state index in [9.17, 15) is 9.59 Å². The zero-order valence-corrected chi connectivity index (χ0v) is 12.0. The molecule has 1 aromatic rings. The number of carbonyl (C=O) groups is 2. The lowest BCUT2D eigenvalue weighted by Crippen LogP contribution is -2.40. The summed E-state index contributed by atoms with van der Waals surface area (Å²) >= 11 is 0. The molecule has 5 N–H and O–H groups in total. The largest absolute Gasteiger partial charge is 0.465 e. The third-order valence-corrected chi connectivity index (χ3v) is 3.09. The van der Waals surface area contributed by atoms with Crippen molar-refractivity contribution in [2.75, 3.05) is 13.1 Å². The van der Waals surface area contributed by atoms with Crippen LogP contribution in [0.2, 0.25) is 0 Å². The molecule has 1 atom stereocenters. The summed E-state index contributed by atoms with van der Waals surface area (Å²) < 4.78 is 0. The van der Waals surface area contributed by atoms with E-state index in [1.807, 2.05) is 6.07 Å². The number of carboxylic acid groups (broad SMARTS) is 1. The van der Waals surface area contributed by atoms with Crippen LogP contribution in [0.1, 0.15) is 37.3 Å². The molecule has 0 saturated heterocycles. The van der Waals surface area contributed by atoms with Crippen LogP contribution in [-0.2, 0) is 4.79 Å². The number of hydrogen-bond donors (Lipinski definition) is 4. The van der Waals surface area contributed by atoms with Crippen molar-refractivity contribution in [3.05, 3.63) is 35.9 Å². The zero-order valence-electron chi connectivity index (χ0n) is 12.0. The number of carbonyl (C=O) groups excluding carboxylic acids is 1. The molecule has 0 spiro atoms. The minimum Gasteiger partial charge on any atom is -0.465 e. The fourth-order valence-electron chi connectivity index (χ4n) is 2.01. The molecular formula is C15H23N3O3. The molecular weight excluding hydrogens is 270 g/mol. The van der Waals surface area contributed by atoms with Crippen LogP contribution in [0.25, 0.3) is 0 Å². The van der Waals surface area contributed by atoms with Crippen molar-refractivity contribution in [3.63, 3.8) is 0 Å². The summed E-state index contributed by atoms with van der Waals surface area (Å²) in [6, 6.07) is 7.92. The molecule has 1 rings (SSSR count). The topological polar surface area (TPSA) is 104 Å². The van der Waals surface area contributed by atoms with Gasteiger partial charge in [0.05, 0.1) is 0 Å². The Morgan fingerprint density at radius 1 is 1.10 bits per heavy atom. The van der Waals surface area contributed by atoms with E-state index in [0.29, 0.717) is 18.7 Å². The number of benzene rings is 1. The van der Waals surface area contributed by atoms with Crippen molar-refractivity contribution < 1.29 is 14.7 Å². The molecule has 6 nitrogen and oxygen atoms in total. The molecule has 0 aliphatic carbocycles. The standard InChI is InChI=1S/C15H23N3O3/c16-10-6-1-2-7-11-17-14(19)13(18-15(20)21)12-8-4-3-5-9-12/h3-5,8-9,13,18H,1-2,6-7,10-11,16H2,(H,17,19)(H,20,21)/t13-/m0/s1. The van der Waals surface area contributed by atoms with E-state index >= 15 is 0 Å². The van der Waals surface area contributed by atoms with Gasteiger partial charge in [0.25, 0.3) is 0 Å². The molecule has 0 bridgehead atoms. The molecule has 6 heteroatoms. The summed E-state index contributed by atoms with van der Waals surface area (Å²) in [6.07, 6.45) is 2.67. The number of rotatable bonds is 9. The predicted molar refractivity (Wildman–Crippen MR) is 80.9 cm³/mol. The lowest BCUT2D eigenvalue weighted by Gasteiger charge is -2.17. The van der Waals surface area contributed by atoms with Gasteiger partial charge < -0.3 is 21.5 Å². The van der Waals surface area contributed by atoms with E-state index in [4.69, 9.17) is 10.8 Å². The van der Waals surface area contributed by atoms with Gasteiger partial charge in [-0.1, -0.05) is 43.2 Å². The lowest BCUT2D eigenvalue weighted by atomic mass is 10.1. The Bertz CT molecular complexity index is 437. The van der Waals surface area contributed by atoms with E-state index in [1.54, 1.807) is 24.3 Å². The van der Waals surface area contributed by atoms with Crippen molar-refractivity contribution in [3.8, 4) is 0 Å². The molecule has 0 aliphatic rings. The second-order valence-electron chi connectivity index (χ2n) is 4.79. The summed E-state index contributed by atoms with van der Waals surface area (Å²) in [5.74, 6) is -0.331. The number of unbranched alkanes of at least 4 members (excludes halogenated alkanes) is 3. The number of nitrogens with one attached hydrogen (secondary N) is 2. The highest BCUT2D eigenvalue weighted by atomic mass is 16.4. The van der Waals surface area contributed by atoms with Gasteiger partial charge in [-0.25, -0.2) is 4.79 Å². The summed E-state index contributed by atoms with van der Waals surface area (Å²) in [5.41, 5.74) is 6.03. The van der Waals surface area contributed by atoms with Crippen molar-refractivity contribution in [1.29, 1.82) is 0 Å².